The third kappa shape index (κ3) is 2.85. The molecule has 0 fully saturated rings. The molecule has 0 bridgehead atoms. The maximum atomic E-state index is 13.9. The van der Waals surface area contributed by atoms with Crippen molar-refractivity contribution in [3.05, 3.63) is 65.5 Å². The summed E-state index contributed by atoms with van der Waals surface area (Å²) >= 11 is 0. The van der Waals surface area contributed by atoms with E-state index >= 15 is 0 Å². The molecule has 1 aliphatic carbocycles. The number of hydroxylamine groups is 1. The highest BCUT2D eigenvalue weighted by atomic mass is 19.1. The molecule has 0 saturated heterocycles. The summed E-state index contributed by atoms with van der Waals surface area (Å²) in [5, 5.41) is 9.01. The van der Waals surface area contributed by atoms with E-state index in [0.717, 1.165) is 16.7 Å². The van der Waals surface area contributed by atoms with Crippen LogP contribution in [0, 0.1) is 18.7 Å². The molecule has 1 aromatic heterocycles. The van der Waals surface area contributed by atoms with Gasteiger partial charge < -0.3 is 0 Å². The Balaban J connectivity index is 2.01. The lowest BCUT2D eigenvalue weighted by Crippen LogP contribution is -2.29. The van der Waals surface area contributed by atoms with Crippen molar-refractivity contribution in [2.75, 3.05) is 0 Å². The molecule has 5 nitrogen and oxygen atoms in total. The molecule has 0 aliphatic heterocycles. The van der Waals surface area contributed by atoms with E-state index in [1.807, 2.05) is 6.07 Å². The van der Waals surface area contributed by atoms with Crippen LogP contribution in [0.5, 0.6) is 0 Å². The molecule has 2 N–H and O–H groups in total. The molecule has 0 spiro atoms. The summed E-state index contributed by atoms with van der Waals surface area (Å²) in [6.45, 7) is 1.70. The Labute approximate surface area is 132 Å². The lowest BCUT2D eigenvalue weighted by atomic mass is 9.84. The highest BCUT2D eigenvalue weighted by Gasteiger charge is 2.35. The van der Waals surface area contributed by atoms with E-state index in [9.17, 15) is 9.18 Å². The summed E-state index contributed by atoms with van der Waals surface area (Å²) in [6, 6.07) is 4.85. The van der Waals surface area contributed by atoms with E-state index < -0.39 is 11.8 Å². The number of halogens is 1. The summed E-state index contributed by atoms with van der Waals surface area (Å²) in [7, 11) is 0. The fourth-order valence-electron chi connectivity index (χ4n) is 3.11. The Kier molecular flexibility index (Phi) is 4.16. The van der Waals surface area contributed by atoms with E-state index in [0.29, 0.717) is 12.0 Å². The fraction of sp³-hybridized carbons (Fsp3) is 0.235. The summed E-state index contributed by atoms with van der Waals surface area (Å²) in [6.07, 6.45) is 7.13. The van der Waals surface area contributed by atoms with Gasteiger partial charge in [0.2, 0.25) is 0 Å². The van der Waals surface area contributed by atoms with Gasteiger partial charge in [0.15, 0.2) is 0 Å². The highest BCUT2D eigenvalue weighted by Crippen LogP contribution is 2.43. The maximum absolute atomic E-state index is 13.9. The van der Waals surface area contributed by atoms with Crippen LogP contribution < -0.4 is 5.48 Å². The van der Waals surface area contributed by atoms with Crippen LogP contribution >= 0.6 is 0 Å². The van der Waals surface area contributed by atoms with Gasteiger partial charge in [-0.1, -0.05) is 18.2 Å². The van der Waals surface area contributed by atoms with Gasteiger partial charge in [-0.05, 0) is 36.1 Å². The Morgan fingerprint density at radius 2 is 2.09 bits per heavy atom. The lowest BCUT2D eigenvalue weighted by molar-refractivity contribution is -0.132. The van der Waals surface area contributed by atoms with Gasteiger partial charge in [-0.3, -0.25) is 10.0 Å². The Morgan fingerprint density at radius 3 is 2.78 bits per heavy atom. The van der Waals surface area contributed by atoms with Crippen molar-refractivity contribution in [3.63, 3.8) is 0 Å². The van der Waals surface area contributed by atoms with Gasteiger partial charge >= 0.3 is 0 Å². The Bertz CT molecular complexity index is 762. The van der Waals surface area contributed by atoms with Crippen LogP contribution in [0.25, 0.3) is 5.57 Å². The quantitative estimate of drug-likeness (QED) is 0.675. The second-order valence-corrected chi connectivity index (χ2v) is 5.59. The smallest absolute Gasteiger partial charge is 0.250 e. The minimum atomic E-state index is -0.573. The van der Waals surface area contributed by atoms with Gasteiger partial charge in [0, 0.05) is 23.9 Å². The number of allylic oxidation sites excluding steroid dienone is 1. The predicted molar refractivity (Wildman–Crippen MR) is 81.9 cm³/mol. The van der Waals surface area contributed by atoms with E-state index in [1.54, 1.807) is 36.9 Å². The van der Waals surface area contributed by atoms with Crippen LogP contribution in [-0.2, 0) is 4.79 Å². The number of hydrogen-bond acceptors (Lipinski definition) is 4. The van der Waals surface area contributed by atoms with E-state index in [-0.39, 0.29) is 11.7 Å². The number of nitrogens with zero attached hydrogens (tertiary/aromatic N) is 2. The molecule has 1 aromatic carbocycles. The third-order valence-corrected chi connectivity index (χ3v) is 4.31. The van der Waals surface area contributed by atoms with Gasteiger partial charge in [0.25, 0.3) is 5.91 Å². The molecule has 6 heteroatoms. The first-order chi connectivity index (χ1) is 11.1. The number of hydrogen-bond donors (Lipinski definition) is 2. The standard InChI is InChI=1S/C17H16FN3O2/c1-10-13(3-2-4-16(10)18)14-5-11(6-15(14)17(22)21-23)12-7-19-9-20-8-12/h2-4,6-9,14-15,23H,5H2,1H3,(H,21,22). The summed E-state index contributed by atoms with van der Waals surface area (Å²) in [5.74, 6) is -1.63. The molecule has 1 amide bonds. The van der Waals surface area contributed by atoms with E-state index in [1.165, 1.54) is 12.4 Å². The molecule has 3 rings (SSSR count). The predicted octanol–water partition coefficient (Wildman–Crippen LogP) is 2.62. The number of rotatable bonds is 3. The molecule has 1 heterocycles. The van der Waals surface area contributed by atoms with Crippen molar-refractivity contribution < 1.29 is 14.4 Å². The van der Waals surface area contributed by atoms with Crippen LogP contribution in [0.2, 0.25) is 0 Å². The van der Waals surface area contributed by atoms with Gasteiger partial charge in [-0.25, -0.2) is 19.8 Å². The van der Waals surface area contributed by atoms with Gasteiger partial charge in [-0.2, -0.15) is 0 Å². The highest BCUT2D eigenvalue weighted by molar-refractivity contribution is 5.86. The number of amides is 1. The van der Waals surface area contributed by atoms with Crippen LogP contribution in [0.4, 0.5) is 4.39 Å². The van der Waals surface area contributed by atoms with Crippen LogP contribution in [0.3, 0.4) is 0 Å². The largest absolute Gasteiger partial charge is 0.289 e. The monoisotopic (exact) mass is 313 g/mol. The molecule has 1 aliphatic rings. The first-order valence-corrected chi connectivity index (χ1v) is 7.27. The van der Waals surface area contributed by atoms with Crippen molar-refractivity contribution in [1.29, 1.82) is 0 Å². The van der Waals surface area contributed by atoms with Crippen LogP contribution in [0.15, 0.2) is 43.0 Å². The van der Waals surface area contributed by atoms with Crippen molar-refractivity contribution in [3.8, 4) is 0 Å². The van der Waals surface area contributed by atoms with Crippen LogP contribution in [0.1, 0.15) is 29.0 Å². The van der Waals surface area contributed by atoms with Gasteiger partial charge in [0.1, 0.15) is 12.1 Å². The zero-order chi connectivity index (χ0) is 16.4. The average Bonchev–Trinajstić information content (AvgIpc) is 3.02. The fourth-order valence-corrected chi connectivity index (χ4v) is 3.11. The number of carbonyl (C=O) groups is 1. The number of carbonyl (C=O) groups excluding carboxylic acids is 1. The molecule has 2 atom stereocenters. The maximum Gasteiger partial charge on any atom is 0.250 e. The summed E-state index contributed by atoms with van der Waals surface area (Å²) < 4.78 is 13.9. The van der Waals surface area contributed by atoms with Gasteiger partial charge in [-0.15, -0.1) is 0 Å². The Hall–Kier alpha value is -2.60. The summed E-state index contributed by atoms with van der Waals surface area (Å²) in [5.41, 5.74) is 4.72. The molecule has 2 unspecified atom stereocenters. The molecule has 2 aromatic rings. The van der Waals surface area contributed by atoms with Crippen LogP contribution in [-0.4, -0.2) is 21.1 Å². The second-order valence-electron chi connectivity index (χ2n) is 5.59. The van der Waals surface area contributed by atoms with Crippen molar-refractivity contribution in [2.45, 2.75) is 19.3 Å². The second kappa shape index (κ2) is 6.26. The zero-order valence-electron chi connectivity index (χ0n) is 12.5. The first kappa shape index (κ1) is 15.3. The van der Waals surface area contributed by atoms with E-state index in [4.69, 9.17) is 5.21 Å². The van der Waals surface area contributed by atoms with Crippen molar-refractivity contribution in [1.82, 2.24) is 15.4 Å². The molecule has 118 valence electrons. The zero-order valence-corrected chi connectivity index (χ0v) is 12.5. The lowest BCUT2D eigenvalue weighted by Gasteiger charge is -2.20. The Morgan fingerprint density at radius 1 is 1.35 bits per heavy atom. The molecule has 0 radical (unpaired) electrons. The molecule has 23 heavy (non-hydrogen) atoms. The van der Waals surface area contributed by atoms with Gasteiger partial charge in [0.05, 0.1) is 5.92 Å². The molecular weight excluding hydrogens is 297 g/mol. The van der Waals surface area contributed by atoms with Crippen molar-refractivity contribution in [2.24, 2.45) is 5.92 Å². The molecular formula is C17H16FN3O2. The number of benzene rings is 1. The minimum absolute atomic E-state index is 0.243. The van der Waals surface area contributed by atoms with E-state index in [2.05, 4.69) is 9.97 Å². The first-order valence-electron chi connectivity index (χ1n) is 7.27. The number of aromatic nitrogens is 2. The third-order valence-electron chi connectivity index (χ3n) is 4.31. The topological polar surface area (TPSA) is 75.1 Å². The van der Waals surface area contributed by atoms with Crippen molar-refractivity contribution >= 4 is 11.5 Å². The minimum Gasteiger partial charge on any atom is -0.289 e. The molecule has 0 saturated carbocycles. The number of nitrogens with one attached hydrogen (secondary N) is 1. The normalized spacial score (nSPS) is 20.2. The SMILES string of the molecule is Cc1c(F)cccc1C1CC(c2cncnc2)=CC1C(=O)NO. The average molecular weight is 313 g/mol. The summed E-state index contributed by atoms with van der Waals surface area (Å²) in [4.78, 5) is 20.0.